The average Bonchev–Trinajstić information content (AvgIpc) is 2.79. The molecule has 10 heteroatoms. The molecule has 3 rings (SSSR count). The van der Waals surface area contributed by atoms with Gasteiger partial charge in [-0.1, -0.05) is 0 Å². The Kier molecular flexibility index (Phi) is 7.61. The molecule has 1 heterocycles. The number of carbonyl (C=O) groups is 2. The first-order chi connectivity index (χ1) is 14.9. The number of amides is 2. The lowest BCUT2D eigenvalue weighted by Crippen LogP contribution is -2.40. The number of hydrogen-bond acceptors (Lipinski definition) is 6. The Balaban J connectivity index is 1.58. The zero-order chi connectivity index (χ0) is 22.3. The molecule has 2 N–H and O–H groups in total. The maximum absolute atomic E-state index is 12.7. The van der Waals surface area contributed by atoms with Crippen LogP contribution in [0.25, 0.3) is 0 Å². The van der Waals surface area contributed by atoms with Crippen molar-refractivity contribution in [3.63, 3.8) is 0 Å². The van der Waals surface area contributed by atoms with E-state index in [9.17, 15) is 18.0 Å². The van der Waals surface area contributed by atoms with E-state index in [1.165, 1.54) is 28.6 Å². The van der Waals surface area contributed by atoms with Crippen molar-refractivity contribution < 1.29 is 27.5 Å². The summed E-state index contributed by atoms with van der Waals surface area (Å²) in [4.78, 5) is 24.0. The van der Waals surface area contributed by atoms with E-state index in [1.807, 2.05) is 6.92 Å². The van der Waals surface area contributed by atoms with Crippen LogP contribution >= 0.6 is 0 Å². The maximum Gasteiger partial charge on any atom is 0.257 e. The lowest BCUT2D eigenvalue weighted by atomic mass is 10.2. The molecule has 0 bridgehead atoms. The van der Waals surface area contributed by atoms with E-state index >= 15 is 0 Å². The summed E-state index contributed by atoms with van der Waals surface area (Å²) in [5.41, 5.74) is 0.873. The van der Waals surface area contributed by atoms with Crippen molar-refractivity contribution in [3.8, 4) is 5.75 Å². The first-order valence-electron chi connectivity index (χ1n) is 9.89. The van der Waals surface area contributed by atoms with Crippen LogP contribution in [0.1, 0.15) is 17.3 Å². The lowest BCUT2D eigenvalue weighted by Gasteiger charge is -2.26. The summed E-state index contributed by atoms with van der Waals surface area (Å²) >= 11 is 0. The minimum Gasteiger partial charge on any atom is -0.484 e. The number of morpholine rings is 1. The summed E-state index contributed by atoms with van der Waals surface area (Å²) in [6.45, 7) is 3.64. The van der Waals surface area contributed by atoms with E-state index in [0.29, 0.717) is 49.8 Å². The molecule has 31 heavy (non-hydrogen) atoms. The highest BCUT2D eigenvalue weighted by Crippen LogP contribution is 2.19. The van der Waals surface area contributed by atoms with Gasteiger partial charge in [-0.15, -0.1) is 0 Å². The summed E-state index contributed by atoms with van der Waals surface area (Å²) in [7, 11) is -3.60. The third kappa shape index (κ3) is 6.03. The van der Waals surface area contributed by atoms with Crippen molar-refractivity contribution in [2.24, 2.45) is 0 Å². The number of likely N-dealkylation sites (N-methyl/N-ethyl adjacent to an activating group) is 1. The molecule has 1 saturated heterocycles. The van der Waals surface area contributed by atoms with E-state index < -0.39 is 10.0 Å². The molecule has 0 unspecified atom stereocenters. The molecule has 2 aromatic rings. The van der Waals surface area contributed by atoms with Crippen LogP contribution in [0.2, 0.25) is 0 Å². The molecule has 1 aliphatic rings. The second-order valence-corrected chi connectivity index (χ2v) is 8.70. The number of nitrogens with one attached hydrogen (secondary N) is 2. The number of ether oxygens (including phenoxy) is 2. The van der Waals surface area contributed by atoms with Crippen LogP contribution in [-0.4, -0.2) is 64.0 Å². The second-order valence-electron chi connectivity index (χ2n) is 6.76. The molecule has 0 spiro atoms. The van der Waals surface area contributed by atoms with Gasteiger partial charge in [0.15, 0.2) is 6.61 Å². The van der Waals surface area contributed by atoms with Crippen molar-refractivity contribution in [3.05, 3.63) is 54.1 Å². The van der Waals surface area contributed by atoms with Crippen molar-refractivity contribution in [2.75, 3.05) is 44.8 Å². The highest BCUT2D eigenvalue weighted by Gasteiger charge is 2.26. The van der Waals surface area contributed by atoms with Gasteiger partial charge in [0.25, 0.3) is 11.8 Å². The summed E-state index contributed by atoms with van der Waals surface area (Å²) in [5, 5.41) is 5.38. The fourth-order valence-electron chi connectivity index (χ4n) is 2.95. The third-order valence-corrected chi connectivity index (χ3v) is 6.49. The Labute approximate surface area is 181 Å². The normalized spacial score (nSPS) is 14.6. The predicted molar refractivity (Wildman–Crippen MR) is 115 cm³/mol. The van der Waals surface area contributed by atoms with Crippen molar-refractivity contribution >= 4 is 27.5 Å². The number of hydrogen-bond donors (Lipinski definition) is 2. The Morgan fingerprint density at radius 1 is 1.03 bits per heavy atom. The number of benzene rings is 2. The molecule has 2 aromatic carbocycles. The molecule has 0 saturated carbocycles. The largest absolute Gasteiger partial charge is 0.484 e. The Morgan fingerprint density at radius 3 is 2.29 bits per heavy atom. The molecule has 166 valence electrons. The first kappa shape index (κ1) is 22.7. The number of nitrogens with zero attached hydrogens (tertiary/aromatic N) is 1. The van der Waals surface area contributed by atoms with Gasteiger partial charge in [0.1, 0.15) is 5.75 Å². The lowest BCUT2D eigenvalue weighted by molar-refractivity contribution is -0.122. The third-order valence-electron chi connectivity index (χ3n) is 4.58. The smallest absolute Gasteiger partial charge is 0.257 e. The summed E-state index contributed by atoms with van der Waals surface area (Å²) < 4.78 is 37.2. The topological polar surface area (TPSA) is 114 Å². The van der Waals surface area contributed by atoms with Gasteiger partial charge < -0.3 is 20.1 Å². The standard InChI is InChI=1S/C21H25N3O6S/c1-2-22-20(25)15-30-18-7-5-17(6-8-18)23-21(26)16-3-9-19(10-4-16)31(27,28)24-11-13-29-14-12-24/h3-10H,2,11-15H2,1H3,(H,22,25)(H,23,26). The maximum atomic E-state index is 12.7. The molecule has 0 aromatic heterocycles. The minimum absolute atomic E-state index is 0.0841. The molecular weight excluding hydrogens is 422 g/mol. The fourth-order valence-corrected chi connectivity index (χ4v) is 4.36. The first-order valence-corrected chi connectivity index (χ1v) is 11.3. The van der Waals surface area contributed by atoms with E-state index in [0.717, 1.165) is 0 Å². The summed E-state index contributed by atoms with van der Waals surface area (Å²) in [5.74, 6) is -0.0767. The van der Waals surface area contributed by atoms with E-state index in [-0.39, 0.29) is 23.3 Å². The Bertz CT molecular complexity index is 1000. The SMILES string of the molecule is CCNC(=O)COc1ccc(NC(=O)c2ccc(S(=O)(=O)N3CCOCC3)cc2)cc1. The Morgan fingerprint density at radius 2 is 1.68 bits per heavy atom. The van der Waals surface area contributed by atoms with E-state index in [1.54, 1.807) is 24.3 Å². The minimum atomic E-state index is -3.60. The van der Waals surface area contributed by atoms with Crippen molar-refractivity contribution in [1.29, 1.82) is 0 Å². The van der Waals surface area contributed by atoms with Gasteiger partial charge >= 0.3 is 0 Å². The van der Waals surface area contributed by atoms with Gasteiger partial charge in [-0.05, 0) is 55.5 Å². The number of sulfonamides is 1. The van der Waals surface area contributed by atoms with Crippen LogP contribution < -0.4 is 15.4 Å². The van der Waals surface area contributed by atoms with E-state index in [2.05, 4.69) is 10.6 Å². The summed E-state index contributed by atoms with van der Waals surface area (Å²) in [6, 6.07) is 12.4. The number of rotatable bonds is 8. The quantitative estimate of drug-likeness (QED) is 0.634. The molecule has 2 amide bonds. The molecule has 0 atom stereocenters. The van der Waals surface area contributed by atoms with Gasteiger partial charge in [-0.3, -0.25) is 9.59 Å². The molecule has 1 aliphatic heterocycles. The fraction of sp³-hybridized carbons (Fsp3) is 0.333. The highest BCUT2D eigenvalue weighted by atomic mass is 32.2. The van der Waals surface area contributed by atoms with Crippen LogP contribution in [0.15, 0.2) is 53.4 Å². The number of carbonyl (C=O) groups excluding carboxylic acids is 2. The van der Waals surface area contributed by atoms with Gasteiger partial charge in [0.05, 0.1) is 18.1 Å². The van der Waals surface area contributed by atoms with Gasteiger partial charge in [-0.25, -0.2) is 8.42 Å². The van der Waals surface area contributed by atoms with Gasteiger partial charge in [0.2, 0.25) is 10.0 Å². The van der Waals surface area contributed by atoms with Crippen LogP contribution in [0.5, 0.6) is 5.75 Å². The Hall–Kier alpha value is -2.95. The monoisotopic (exact) mass is 447 g/mol. The second kappa shape index (κ2) is 10.4. The molecular formula is C21H25N3O6S. The summed E-state index contributed by atoms with van der Waals surface area (Å²) in [6.07, 6.45) is 0. The molecule has 0 aliphatic carbocycles. The van der Waals surface area contributed by atoms with Crippen LogP contribution in [0, 0.1) is 0 Å². The molecule has 9 nitrogen and oxygen atoms in total. The average molecular weight is 448 g/mol. The predicted octanol–water partition coefficient (Wildman–Crippen LogP) is 1.47. The van der Waals surface area contributed by atoms with Crippen LogP contribution in [0.3, 0.4) is 0 Å². The van der Waals surface area contributed by atoms with Gasteiger partial charge in [0, 0.05) is 30.9 Å². The number of anilines is 1. The van der Waals surface area contributed by atoms with Crippen LogP contribution in [0.4, 0.5) is 5.69 Å². The van der Waals surface area contributed by atoms with Gasteiger partial charge in [-0.2, -0.15) is 4.31 Å². The molecule has 0 radical (unpaired) electrons. The zero-order valence-corrected chi connectivity index (χ0v) is 18.0. The highest BCUT2D eigenvalue weighted by molar-refractivity contribution is 7.89. The van der Waals surface area contributed by atoms with Crippen molar-refractivity contribution in [1.82, 2.24) is 9.62 Å². The zero-order valence-electron chi connectivity index (χ0n) is 17.2. The van der Waals surface area contributed by atoms with E-state index in [4.69, 9.17) is 9.47 Å². The molecule has 1 fully saturated rings. The van der Waals surface area contributed by atoms with Crippen LogP contribution in [-0.2, 0) is 19.6 Å². The van der Waals surface area contributed by atoms with Crippen molar-refractivity contribution in [2.45, 2.75) is 11.8 Å².